The molecule has 2 N–H and O–H groups in total. The molecule has 0 amide bonds. The number of hydrogen-bond acceptors (Lipinski definition) is 2. The normalized spacial score (nSPS) is 20.3. The molecule has 3 aromatic rings. The number of aromatic nitrogens is 1. The van der Waals surface area contributed by atoms with Crippen molar-refractivity contribution in [2.24, 2.45) is 0 Å². The van der Waals surface area contributed by atoms with Crippen LogP contribution in [0, 0.1) is 5.82 Å². The molecule has 24 heavy (non-hydrogen) atoms. The summed E-state index contributed by atoms with van der Waals surface area (Å²) in [5.74, 6) is -0.277. The van der Waals surface area contributed by atoms with E-state index < -0.39 is 6.10 Å². The van der Waals surface area contributed by atoms with Gasteiger partial charge in [0.05, 0.1) is 12.1 Å². The standard InChI is InChI=1S/C20H21FN2O/c21-16-7-3-6-15(13-16)19(20(24)17-8-4-11-22-17)23-12-10-14-5-1-2-9-18(14)23/h1-3,5-7,9-10,12-13,17,19-20,22,24H,4,8,11H2/t17?,19-,20+/m0/s1. The number of nitrogens with zero attached hydrogens (tertiary/aromatic N) is 1. The van der Waals surface area contributed by atoms with Crippen molar-refractivity contribution in [1.29, 1.82) is 0 Å². The molecular formula is C20H21FN2O. The number of para-hydroxylation sites is 1. The van der Waals surface area contributed by atoms with Crippen molar-refractivity contribution in [2.75, 3.05) is 6.54 Å². The molecule has 1 aromatic heterocycles. The highest BCUT2D eigenvalue weighted by atomic mass is 19.1. The summed E-state index contributed by atoms with van der Waals surface area (Å²) in [7, 11) is 0. The summed E-state index contributed by atoms with van der Waals surface area (Å²) in [6.45, 7) is 0.921. The first-order valence-electron chi connectivity index (χ1n) is 8.46. The average Bonchev–Trinajstić information content (AvgIpc) is 3.25. The number of nitrogens with one attached hydrogen (secondary N) is 1. The second-order valence-electron chi connectivity index (χ2n) is 6.48. The molecule has 124 valence electrons. The van der Waals surface area contributed by atoms with Crippen LogP contribution in [0.25, 0.3) is 10.9 Å². The van der Waals surface area contributed by atoms with Crippen molar-refractivity contribution in [3.05, 3.63) is 72.2 Å². The monoisotopic (exact) mass is 324 g/mol. The summed E-state index contributed by atoms with van der Waals surface area (Å²) in [5, 5.41) is 15.6. The minimum atomic E-state index is -0.620. The highest BCUT2D eigenvalue weighted by Crippen LogP contribution is 2.31. The number of hydrogen-bond donors (Lipinski definition) is 2. The fourth-order valence-electron chi connectivity index (χ4n) is 3.78. The fraction of sp³-hybridized carbons (Fsp3) is 0.300. The van der Waals surface area contributed by atoms with Crippen LogP contribution in [-0.2, 0) is 0 Å². The Hall–Kier alpha value is -2.17. The molecule has 0 aliphatic carbocycles. The number of aliphatic hydroxyl groups is 1. The van der Waals surface area contributed by atoms with Crippen LogP contribution < -0.4 is 5.32 Å². The van der Waals surface area contributed by atoms with Gasteiger partial charge in [-0.05, 0) is 54.6 Å². The van der Waals surface area contributed by atoms with Crippen molar-refractivity contribution < 1.29 is 9.50 Å². The van der Waals surface area contributed by atoms with E-state index in [0.29, 0.717) is 0 Å². The van der Waals surface area contributed by atoms with Crippen LogP contribution in [0.4, 0.5) is 4.39 Å². The molecule has 4 rings (SSSR count). The van der Waals surface area contributed by atoms with Crippen LogP contribution in [0.15, 0.2) is 60.8 Å². The van der Waals surface area contributed by atoms with Gasteiger partial charge in [-0.25, -0.2) is 4.39 Å². The molecule has 1 aliphatic rings. The predicted octanol–water partition coefficient (Wildman–Crippen LogP) is 3.48. The van der Waals surface area contributed by atoms with Gasteiger partial charge in [0.25, 0.3) is 0 Å². The molecular weight excluding hydrogens is 303 g/mol. The van der Waals surface area contributed by atoms with Crippen molar-refractivity contribution >= 4 is 10.9 Å². The van der Waals surface area contributed by atoms with E-state index >= 15 is 0 Å². The first-order chi connectivity index (χ1) is 11.7. The number of fused-ring (bicyclic) bond motifs is 1. The van der Waals surface area contributed by atoms with Gasteiger partial charge in [0, 0.05) is 17.8 Å². The lowest BCUT2D eigenvalue weighted by atomic mass is 9.94. The van der Waals surface area contributed by atoms with Crippen LogP contribution in [0.2, 0.25) is 0 Å². The molecule has 1 aliphatic heterocycles. The predicted molar refractivity (Wildman–Crippen MR) is 93.5 cm³/mol. The third-order valence-corrected chi connectivity index (χ3v) is 4.95. The molecule has 2 aromatic carbocycles. The SMILES string of the molecule is O[C@H](C1CCCN1)[C@H](c1cccc(F)c1)n1ccc2ccccc21. The molecule has 0 bridgehead atoms. The molecule has 1 fully saturated rings. The second kappa shape index (κ2) is 6.38. The number of benzene rings is 2. The third-order valence-electron chi connectivity index (χ3n) is 4.95. The lowest BCUT2D eigenvalue weighted by Crippen LogP contribution is -2.41. The van der Waals surface area contributed by atoms with Crippen molar-refractivity contribution in [3.8, 4) is 0 Å². The van der Waals surface area contributed by atoms with Crippen LogP contribution in [0.5, 0.6) is 0 Å². The minimum absolute atomic E-state index is 0.0272. The molecule has 1 saturated heterocycles. The summed E-state index contributed by atoms with van der Waals surface area (Å²) in [6.07, 6.45) is 3.36. The Morgan fingerprint density at radius 1 is 1.12 bits per heavy atom. The highest BCUT2D eigenvalue weighted by molar-refractivity contribution is 5.80. The molecule has 2 heterocycles. The van der Waals surface area contributed by atoms with Crippen molar-refractivity contribution in [2.45, 2.75) is 31.0 Å². The molecule has 0 saturated carbocycles. The Bertz CT molecular complexity index is 838. The zero-order valence-electron chi connectivity index (χ0n) is 13.4. The van der Waals surface area contributed by atoms with Gasteiger partial charge in [0.1, 0.15) is 5.82 Å². The van der Waals surface area contributed by atoms with Gasteiger partial charge < -0.3 is 15.0 Å². The topological polar surface area (TPSA) is 37.2 Å². The second-order valence-corrected chi connectivity index (χ2v) is 6.48. The average molecular weight is 324 g/mol. The molecule has 0 radical (unpaired) electrons. The van der Waals surface area contributed by atoms with Gasteiger partial charge in [-0.2, -0.15) is 0 Å². The fourth-order valence-corrected chi connectivity index (χ4v) is 3.78. The van der Waals surface area contributed by atoms with Gasteiger partial charge in [0.15, 0.2) is 0 Å². The number of halogens is 1. The third kappa shape index (κ3) is 2.72. The molecule has 3 atom stereocenters. The van der Waals surface area contributed by atoms with Crippen LogP contribution in [0.3, 0.4) is 0 Å². The van der Waals surface area contributed by atoms with Crippen molar-refractivity contribution in [1.82, 2.24) is 9.88 Å². The van der Waals surface area contributed by atoms with E-state index in [-0.39, 0.29) is 17.9 Å². The molecule has 3 nitrogen and oxygen atoms in total. The van der Waals surface area contributed by atoms with Crippen molar-refractivity contribution in [3.63, 3.8) is 0 Å². The van der Waals surface area contributed by atoms with Crippen LogP contribution >= 0.6 is 0 Å². The van der Waals surface area contributed by atoms with E-state index in [0.717, 1.165) is 35.9 Å². The van der Waals surface area contributed by atoms with Gasteiger partial charge in [0.2, 0.25) is 0 Å². The summed E-state index contributed by atoms with van der Waals surface area (Å²) in [6, 6.07) is 16.4. The van der Waals surface area contributed by atoms with Gasteiger partial charge in [-0.1, -0.05) is 30.3 Å². The lowest BCUT2D eigenvalue weighted by molar-refractivity contribution is 0.0970. The van der Waals surface area contributed by atoms with Gasteiger partial charge in [-0.3, -0.25) is 0 Å². The Morgan fingerprint density at radius 3 is 2.79 bits per heavy atom. The minimum Gasteiger partial charge on any atom is -0.389 e. The van der Waals surface area contributed by atoms with E-state index in [1.807, 2.05) is 36.5 Å². The van der Waals surface area contributed by atoms with Crippen LogP contribution in [0.1, 0.15) is 24.4 Å². The van der Waals surface area contributed by atoms with Gasteiger partial charge in [-0.15, -0.1) is 0 Å². The van der Waals surface area contributed by atoms with E-state index in [4.69, 9.17) is 0 Å². The van der Waals surface area contributed by atoms with E-state index in [1.54, 1.807) is 6.07 Å². The zero-order valence-corrected chi connectivity index (χ0v) is 13.4. The van der Waals surface area contributed by atoms with E-state index in [1.165, 1.54) is 12.1 Å². The summed E-state index contributed by atoms with van der Waals surface area (Å²) in [4.78, 5) is 0. The Labute approximate surface area is 140 Å². The highest BCUT2D eigenvalue weighted by Gasteiger charge is 2.32. The summed E-state index contributed by atoms with van der Waals surface area (Å²) >= 11 is 0. The quantitative estimate of drug-likeness (QED) is 0.771. The summed E-state index contributed by atoms with van der Waals surface area (Å²) < 4.78 is 15.9. The van der Waals surface area contributed by atoms with E-state index in [2.05, 4.69) is 16.0 Å². The number of rotatable bonds is 4. The van der Waals surface area contributed by atoms with Crippen LogP contribution in [-0.4, -0.2) is 28.4 Å². The maximum atomic E-state index is 13.8. The molecule has 0 spiro atoms. The number of aliphatic hydroxyl groups excluding tert-OH is 1. The lowest BCUT2D eigenvalue weighted by Gasteiger charge is -2.30. The Kier molecular flexibility index (Phi) is 4.08. The first-order valence-corrected chi connectivity index (χ1v) is 8.46. The zero-order chi connectivity index (χ0) is 16.5. The van der Waals surface area contributed by atoms with Gasteiger partial charge >= 0.3 is 0 Å². The first kappa shape index (κ1) is 15.4. The largest absolute Gasteiger partial charge is 0.389 e. The maximum absolute atomic E-state index is 13.8. The maximum Gasteiger partial charge on any atom is 0.123 e. The Balaban J connectivity index is 1.83. The summed E-state index contributed by atoms with van der Waals surface area (Å²) in [5.41, 5.74) is 1.83. The molecule has 1 unspecified atom stereocenters. The van der Waals surface area contributed by atoms with E-state index in [9.17, 15) is 9.50 Å². The smallest absolute Gasteiger partial charge is 0.123 e. The molecule has 4 heteroatoms. The Morgan fingerprint density at radius 2 is 2.00 bits per heavy atom.